The van der Waals surface area contributed by atoms with Crippen molar-refractivity contribution in [3.8, 4) is 5.69 Å². The molecule has 1 unspecified atom stereocenters. The zero-order chi connectivity index (χ0) is 17.1. The highest BCUT2D eigenvalue weighted by molar-refractivity contribution is 7.09. The third-order valence-corrected chi connectivity index (χ3v) is 5.04. The zero-order valence-corrected chi connectivity index (χ0v) is 14.4. The van der Waals surface area contributed by atoms with Gasteiger partial charge in [0.1, 0.15) is 5.69 Å². The zero-order valence-electron chi connectivity index (χ0n) is 13.6. The number of nitrogens with zero attached hydrogens (tertiary/aromatic N) is 4. The normalized spacial score (nSPS) is 16.9. The molecule has 25 heavy (non-hydrogen) atoms. The van der Waals surface area contributed by atoms with Gasteiger partial charge in [-0.1, -0.05) is 0 Å². The van der Waals surface area contributed by atoms with E-state index in [2.05, 4.69) is 25.7 Å². The Morgan fingerprint density at radius 1 is 1.36 bits per heavy atom. The Kier molecular flexibility index (Phi) is 4.53. The van der Waals surface area contributed by atoms with E-state index in [9.17, 15) is 4.79 Å². The van der Waals surface area contributed by atoms with Crippen LogP contribution in [0.5, 0.6) is 0 Å². The molecule has 0 radical (unpaired) electrons. The fraction of sp³-hybridized carbons (Fsp3) is 0.294. The number of rotatable bonds is 5. The summed E-state index contributed by atoms with van der Waals surface area (Å²) in [6, 6.07) is 5.46. The molecule has 128 valence electrons. The molecule has 3 aromatic rings. The molecule has 2 N–H and O–H groups in total. The van der Waals surface area contributed by atoms with E-state index >= 15 is 0 Å². The molecule has 8 heteroatoms. The topological polar surface area (TPSA) is 84.7 Å². The fourth-order valence-corrected chi connectivity index (χ4v) is 3.75. The lowest BCUT2D eigenvalue weighted by molar-refractivity contribution is 0.102. The smallest absolute Gasteiger partial charge is 0.276 e. The van der Waals surface area contributed by atoms with Gasteiger partial charge in [-0.25, -0.2) is 9.67 Å². The summed E-state index contributed by atoms with van der Waals surface area (Å²) in [6.07, 6.45) is 7.30. The molecule has 4 heterocycles. The van der Waals surface area contributed by atoms with Crippen molar-refractivity contribution < 1.29 is 4.79 Å². The number of amides is 1. The van der Waals surface area contributed by atoms with Crippen molar-refractivity contribution >= 4 is 23.1 Å². The number of hydrogen-bond acceptors (Lipinski definition) is 6. The first-order valence-electron chi connectivity index (χ1n) is 8.20. The number of aromatic nitrogens is 4. The van der Waals surface area contributed by atoms with Gasteiger partial charge in [0.25, 0.3) is 5.91 Å². The Bertz CT molecular complexity index is 853. The second-order valence-electron chi connectivity index (χ2n) is 5.99. The van der Waals surface area contributed by atoms with Crippen LogP contribution in [-0.2, 0) is 6.42 Å². The second-order valence-corrected chi connectivity index (χ2v) is 6.94. The largest absolute Gasteiger partial charge is 0.316 e. The number of carbonyl (C=O) groups excluding carboxylic acids is 1. The van der Waals surface area contributed by atoms with Gasteiger partial charge < -0.3 is 10.6 Å². The van der Waals surface area contributed by atoms with Crippen LogP contribution < -0.4 is 10.6 Å². The van der Waals surface area contributed by atoms with Crippen LogP contribution >= 0.6 is 11.3 Å². The number of thiazole rings is 1. The summed E-state index contributed by atoms with van der Waals surface area (Å²) < 4.78 is 1.69. The molecule has 0 aliphatic carbocycles. The average molecular weight is 354 g/mol. The molecule has 0 bridgehead atoms. The Labute approximate surface area is 149 Å². The highest BCUT2D eigenvalue weighted by Gasteiger charge is 2.18. The highest BCUT2D eigenvalue weighted by Crippen LogP contribution is 2.19. The lowest BCUT2D eigenvalue weighted by Gasteiger charge is -2.04. The van der Waals surface area contributed by atoms with E-state index in [1.54, 1.807) is 40.7 Å². The van der Waals surface area contributed by atoms with Gasteiger partial charge in [-0.15, -0.1) is 11.3 Å². The maximum absolute atomic E-state index is 12.4. The summed E-state index contributed by atoms with van der Waals surface area (Å²) in [5.41, 5.74) is 1.33. The number of carbonyl (C=O) groups is 1. The number of pyridine rings is 1. The van der Waals surface area contributed by atoms with E-state index in [4.69, 9.17) is 0 Å². The van der Waals surface area contributed by atoms with Crippen LogP contribution in [0.1, 0.15) is 21.9 Å². The van der Waals surface area contributed by atoms with Crippen molar-refractivity contribution in [2.75, 3.05) is 18.4 Å². The molecule has 1 amide bonds. The Hall–Kier alpha value is -2.58. The molecule has 1 saturated heterocycles. The molecule has 1 fully saturated rings. The van der Waals surface area contributed by atoms with Crippen LogP contribution in [0.15, 0.2) is 42.2 Å². The third-order valence-electron chi connectivity index (χ3n) is 4.17. The van der Waals surface area contributed by atoms with Crippen molar-refractivity contribution in [1.82, 2.24) is 25.1 Å². The predicted octanol–water partition coefficient (Wildman–Crippen LogP) is 2.13. The van der Waals surface area contributed by atoms with Crippen molar-refractivity contribution in [2.45, 2.75) is 12.8 Å². The third kappa shape index (κ3) is 3.75. The molecular formula is C17H18N6OS. The van der Waals surface area contributed by atoms with Crippen LogP contribution in [0, 0.1) is 5.92 Å². The molecule has 3 aromatic heterocycles. The summed E-state index contributed by atoms with van der Waals surface area (Å²) >= 11 is 1.55. The standard InChI is InChI=1S/C17H18N6OS/c24-17(14-11-25-16(20-14)9-12-1-5-19-10-12)21-15-4-8-23(22-15)13-2-6-18-7-3-13/h2-4,6-8,11-12,19H,1,5,9-10H2,(H,21,22,24). The summed E-state index contributed by atoms with van der Waals surface area (Å²) in [7, 11) is 0. The van der Waals surface area contributed by atoms with Crippen LogP contribution in [-0.4, -0.2) is 38.7 Å². The molecule has 7 nitrogen and oxygen atoms in total. The Balaban J connectivity index is 1.40. The molecule has 0 aromatic carbocycles. The van der Waals surface area contributed by atoms with Gasteiger partial charge >= 0.3 is 0 Å². The Morgan fingerprint density at radius 2 is 2.24 bits per heavy atom. The summed E-state index contributed by atoms with van der Waals surface area (Å²) in [5.74, 6) is 0.890. The van der Waals surface area contributed by atoms with Gasteiger partial charge in [0.05, 0.1) is 10.7 Å². The number of anilines is 1. The first kappa shape index (κ1) is 15.9. The van der Waals surface area contributed by atoms with Gasteiger partial charge in [0.2, 0.25) is 0 Å². The van der Waals surface area contributed by atoms with Gasteiger partial charge in [-0.05, 0) is 37.6 Å². The van der Waals surface area contributed by atoms with Crippen molar-refractivity contribution in [1.29, 1.82) is 0 Å². The van der Waals surface area contributed by atoms with Crippen molar-refractivity contribution in [3.63, 3.8) is 0 Å². The first-order valence-corrected chi connectivity index (χ1v) is 9.08. The molecule has 0 saturated carbocycles. The molecular weight excluding hydrogens is 336 g/mol. The minimum atomic E-state index is -0.230. The van der Waals surface area contributed by atoms with E-state index in [1.165, 1.54) is 6.42 Å². The molecule has 1 aliphatic rings. The van der Waals surface area contributed by atoms with E-state index < -0.39 is 0 Å². The van der Waals surface area contributed by atoms with Crippen LogP contribution in [0.4, 0.5) is 5.82 Å². The van der Waals surface area contributed by atoms with Crippen molar-refractivity contribution in [3.05, 3.63) is 52.9 Å². The fourth-order valence-electron chi connectivity index (χ4n) is 2.86. The van der Waals surface area contributed by atoms with E-state index in [1.807, 2.05) is 17.5 Å². The van der Waals surface area contributed by atoms with Gasteiger partial charge in [0, 0.05) is 36.5 Å². The summed E-state index contributed by atoms with van der Waals surface area (Å²) in [5, 5.41) is 13.3. The molecule has 4 rings (SSSR count). The monoisotopic (exact) mass is 354 g/mol. The minimum absolute atomic E-state index is 0.230. The summed E-state index contributed by atoms with van der Waals surface area (Å²) in [6.45, 7) is 2.11. The minimum Gasteiger partial charge on any atom is -0.316 e. The molecule has 0 spiro atoms. The maximum atomic E-state index is 12.4. The highest BCUT2D eigenvalue weighted by atomic mass is 32.1. The van der Waals surface area contributed by atoms with E-state index in [0.717, 1.165) is 30.2 Å². The lowest BCUT2D eigenvalue weighted by atomic mass is 10.1. The van der Waals surface area contributed by atoms with Gasteiger partial charge in [0.15, 0.2) is 5.82 Å². The quantitative estimate of drug-likeness (QED) is 0.733. The van der Waals surface area contributed by atoms with Crippen LogP contribution in [0.2, 0.25) is 0 Å². The van der Waals surface area contributed by atoms with E-state index in [-0.39, 0.29) is 5.91 Å². The predicted molar refractivity (Wildman–Crippen MR) is 96.1 cm³/mol. The maximum Gasteiger partial charge on any atom is 0.276 e. The van der Waals surface area contributed by atoms with Gasteiger partial charge in [-0.3, -0.25) is 9.78 Å². The van der Waals surface area contributed by atoms with Crippen molar-refractivity contribution in [2.24, 2.45) is 5.92 Å². The SMILES string of the molecule is O=C(Nc1ccn(-c2ccncc2)n1)c1csc(CC2CCNC2)n1. The molecule has 1 atom stereocenters. The van der Waals surface area contributed by atoms with Crippen LogP contribution in [0.25, 0.3) is 5.69 Å². The van der Waals surface area contributed by atoms with Gasteiger partial charge in [-0.2, -0.15) is 5.10 Å². The lowest BCUT2D eigenvalue weighted by Crippen LogP contribution is -2.14. The second kappa shape index (κ2) is 7.12. The van der Waals surface area contributed by atoms with E-state index in [0.29, 0.717) is 17.4 Å². The molecule has 1 aliphatic heterocycles. The number of hydrogen-bond donors (Lipinski definition) is 2. The summed E-state index contributed by atoms with van der Waals surface area (Å²) in [4.78, 5) is 20.8. The first-order chi connectivity index (χ1) is 12.3. The van der Waals surface area contributed by atoms with Crippen LogP contribution in [0.3, 0.4) is 0 Å². The Morgan fingerprint density at radius 3 is 3.04 bits per heavy atom. The number of nitrogens with one attached hydrogen (secondary N) is 2. The average Bonchev–Trinajstić information content (AvgIpc) is 3.38.